The van der Waals surface area contributed by atoms with Gasteiger partial charge in [0, 0.05) is 44.3 Å². The smallest absolute Gasteiger partial charge is 0.307 e. The van der Waals surface area contributed by atoms with Gasteiger partial charge in [0.05, 0.1) is 17.5 Å². The minimum Gasteiger partial charge on any atom is -0.481 e. The molecule has 1 aliphatic rings. The zero-order chi connectivity index (χ0) is 19.2. The molecule has 8 nitrogen and oxygen atoms in total. The maximum Gasteiger partial charge on any atom is 0.307 e. The molecule has 0 aliphatic carbocycles. The summed E-state index contributed by atoms with van der Waals surface area (Å²) >= 11 is 0. The largest absolute Gasteiger partial charge is 0.481 e. The molecule has 1 fully saturated rings. The highest BCUT2D eigenvalue weighted by Gasteiger charge is 2.35. The third-order valence-electron chi connectivity index (χ3n) is 4.88. The molecule has 0 bridgehead atoms. The monoisotopic (exact) mass is 371 g/mol. The van der Waals surface area contributed by atoms with Crippen molar-refractivity contribution in [2.75, 3.05) is 13.1 Å². The number of likely N-dealkylation sites (tertiary alicyclic amines) is 1. The van der Waals surface area contributed by atoms with Crippen LogP contribution in [0.5, 0.6) is 0 Å². The Kier molecular flexibility index (Phi) is 6.18. The quantitative estimate of drug-likeness (QED) is 0.674. The first-order valence-corrected chi connectivity index (χ1v) is 9.20. The molecule has 1 saturated heterocycles. The van der Waals surface area contributed by atoms with E-state index in [-0.39, 0.29) is 11.8 Å². The third-order valence-corrected chi connectivity index (χ3v) is 4.88. The number of carboxylic acid groups (broad SMARTS) is 1. The maximum atomic E-state index is 12.6. The first-order valence-electron chi connectivity index (χ1n) is 9.20. The van der Waals surface area contributed by atoms with E-state index < -0.39 is 11.9 Å². The number of H-pyrrole nitrogens is 1. The highest BCUT2D eigenvalue weighted by molar-refractivity contribution is 5.80. The SMILES string of the molecule is CCc1cc(CN2C[C@H](C(=O)O)C[C@H](C(=O)NCc3cccnc3)C2)[nH]n1. The average molecular weight is 371 g/mol. The summed E-state index contributed by atoms with van der Waals surface area (Å²) in [5, 5.41) is 19.6. The van der Waals surface area contributed by atoms with Crippen LogP contribution in [0.25, 0.3) is 0 Å². The van der Waals surface area contributed by atoms with Crippen LogP contribution < -0.4 is 5.32 Å². The van der Waals surface area contributed by atoms with Crippen LogP contribution in [0.15, 0.2) is 30.6 Å². The predicted octanol–water partition coefficient (Wildman–Crippen LogP) is 1.21. The van der Waals surface area contributed by atoms with E-state index in [1.54, 1.807) is 12.4 Å². The van der Waals surface area contributed by atoms with Crippen molar-refractivity contribution in [2.24, 2.45) is 11.8 Å². The van der Waals surface area contributed by atoms with Crippen molar-refractivity contribution in [1.29, 1.82) is 0 Å². The molecule has 2 aromatic rings. The molecular formula is C19H25N5O3. The normalized spacial score (nSPS) is 20.3. The summed E-state index contributed by atoms with van der Waals surface area (Å²) in [6, 6.07) is 5.70. The predicted molar refractivity (Wildman–Crippen MR) is 98.6 cm³/mol. The van der Waals surface area contributed by atoms with Crippen molar-refractivity contribution in [1.82, 2.24) is 25.4 Å². The van der Waals surface area contributed by atoms with Gasteiger partial charge < -0.3 is 10.4 Å². The van der Waals surface area contributed by atoms with Gasteiger partial charge in [0.25, 0.3) is 0 Å². The molecule has 0 aromatic carbocycles. The molecule has 0 radical (unpaired) electrons. The van der Waals surface area contributed by atoms with Crippen molar-refractivity contribution in [3.05, 3.63) is 47.5 Å². The summed E-state index contributed by atoms with van der Waals surface area (Å²) in [7, 11) is 0. The van der Waals surface area contributed by atoms with Gasteiger partial charge in [0.2, 0.25) is 5.91 Å². The average Bonchev–Trinajstić information content (AvgIpc) is 3.14. The number of aromatic nitrogens is 3. The number of aromatic amines is 1. The Balaban J connectivity index is 1.62. The third kappa shape index (κ3) is 5.13. The van der Waals surface area contributed by atoms with Gasteiger partial charge in [-0.05, 0) is 30.5 Å². The van der Waals surface area contributed by atoms with Crippen LogP contribution in [-0.2, 0) is 29.1 Å². The molecule has 1 aliphatic heterocycles. The summed E-state index contributed by atoms with van der Waals surface area (Å²) in [6.45, 7) is 3.94. The molecule has 3 N–H and O–H groups in total. The van der Waals surface area contributed by atoms with Gasteiger partial charge in [-0.3, -0.25) is 24.6 Å². The van der Waals surface area contributed by atoms with Gasteiger partial charge in [0.1, 0.15) is 0 Å². The summed E-state index contributed by atoms with van der Waals surface area (Å²) in [5.74, 6) is -1.89. The van der Waals surface area contributed by atoms with Gasteiger partial charge in [0.15, 0.2) is 0 Å². The Hall–Kier alpha value is -2.74. The molecule has 8 heteroatoms. The fourth-order valence-electron chi connectivity index (χ4n) is 3.44. The zero-order valence-electron chi connectivity index (χ0n) is 15.4. The summed E-state index contributed by atoms with van der Waals surface area (Å²) in [5.41, 5.74) is 2.83. The lowest BCUT2D eigenvalue weighted by Crippen LogP contribution is -2.47. The fraction of sp³-hybridized carbons (Fsp3) is 0.474. The minimum atomic E-state index is -0.858. The molecule has 27 heavy (non-hydrogen) atoms. The number of aliphatic carboxylic acids is 1. The first kappa shape index (κ1) is 19.0. The van der Waals surface area contributed by atoms with Crippen LogP contribution in [0.1, 0.15) is 30.3 Å². The number of hydrogen-bond acceptors (Lipinski definition) is 5. The van der Waals surface area contributed by atoms with Crippen molar-refractivity contribution in [3.63, 3.8) is 0 Å². The molecule has 0 spiro atoms. The zero-order valence-corrected chi connectivity index (χ0v) is 15.4. The molecule has 0 saturated carbocycles. The van der Waals surface area contributed by atoms with E-state index in [1.165, 1.54) is 0 Å². The second-order valence-electron chi connectivity index (χ2n) is 6.98. The van der Waals surface area contributed by atoms with Crippen LogP contribution in [0.2, 0.25) is 0 Å². The topological polar surface area (TPSA) is 111 Å². The number of carbonyl (C=O) groups excluding carboxylic acids is 1. The van der Waals surface area contributed by atoms with Crippen molar-refractivity contribution >= 4 is 11.9 Å². The molecular weight excluding hydrogens is 346 g/mol. The minimum absolute atomic E-state index is 0.117. The van der Waals surface area contributed by atoms with E-state index in [1.807, 2.05) is 30.0 Å². The van der Waals surface area contributed by atoms with E-state index in [2.05, 4.69) is 20.5 Å². The van der Waals surface area contributed by atoms with Crippen LogP contribution in [-0.4, -0.2) is 50.2 Å². The molecule has 3 heterocycles. The molecule has 3 rings (SSSR count). The molecule has 144 valence electrons. The van der Waals surface area contributed by atoms with E-state index in [4.69, 9.17) is 0 Å². The number of amides is 1. The van der Waals surface area contributed by atoms with Crippen LogP contribution in [0.3, 0.4) is 0 Å². The maximum absolute atomic E-state index is 12.6. The Morgan fingerprint density at radius 3 is 2.85 bits per heavy atom. The van der Waals surface area contributed by atoms with E-state index in [9.17, 15) is 14.7 Å². The first-order chi connectivity index (χ1) is 13.0. The Labute approximate surface area is 158 Å². The van der Waals surface area contributed by atoms with Gasteiger partial charge in [-0.25, -0.2) is 0 Å². The number of aryl methyl sites for hydroxylation is 1. The molecule has 1 amide bonds. The summed E-state index contributed by atoms with van der Waals surface area (Å²) < 4.78 is 0. The number of hydrogen-bond donors (Lipinski definition) is 3. The number of piperidine rings is 1. The van der Waals surface area contributed by atoms with Crippen molar-refractivity contribution in [2.45, 2.75) is 32.9 Å². The number of carboxylic acids is 1. The Morgan fingerprint density at radius 2 is 2.19 bits per heavy atom. The lowest BCUT2D eigenvalue weighted by atomic mass is 9.88. The lowest BCUT2D eigenvalue weighted by molar-refractivity contribution is -0.145. The van der Waals surface area contributed by atoms with Crippen molar-refractivity contribution < 1.29 is 14.7 Å². The second kappa shape index (κ2) is 8.77. The Bertz CT molecular complexity index is 777. The number of nitrogens with zero attached hydrogens (tertiary/aromatic N) is 3. The number of pyridine rings is 1. The number of rotatable bonds is 7. The summed E-state index contributed by atoms with van der Waals surface area (Å²) in [6.07, 6.45) is 4.58. The molecule has 2 aromatic heterocycles. The van der Waals surface area contributed by atoms with E-state index in [0.717, 1.165) is 23.4 Å². The van der Waals surface area contributed by atoms with Gasteiger partial charge >= 0.3 is 5.97 Å². The van der Waals surface area contributed by atoms with Crippen molar-refractivity contribution in [3.8, 4) is 0 Å². The van der Waals surface area contributed by atoms with Crippen LogP contribution >= 0.6 is 0 Å². The lowest BCUT2D eigenvalue weighted by Gasteiger charge is -2.35. The highest BCUT2D eigenvalue weighted by atomic mass is 16.4. The standard InChI is InChI=1S/C19H25N5O3/c1-2-16-7-17(23-22-16)12-24-10-14(6-15(11-24)19(26)27)18(25)21-9-13-4-3-5-20-8-13/h3-5,7-8,14-15H,2,6,9-12H2,1H3,(H,21,25)(H,22,23)(H,26,27)/t14-,15+/m0/s1. The van der Waals surface area contributed by atoms with Crippen LogP contribution in [0, 0.1) is 11.8 Å². The number of carbonyl (C=O) groups is 2. The van der Waals surface area contributed by atoms with E-state index in [0.29, 0.717) is 32.6 Å². The molecule has 2 atom stereocenters. The second-order valence-corrected chi connectivity index (χ2v) is 6.98. The highest BCUT2D eigenvalue weighted by Crippen LogP contribution is 2.24. The summed E-state index contributed by atoms with van der Waals surface area (Å²) in [4.78, 5) is 30.2. The fourth-order valence-corrected chi connectivity index (χ4v) is 3.44. The van der Waals surface area contributed by atoms with Crippen LogP contribution in [0.4, 0.5) is 0 Å². The van der Waals surface area contributed by atoms with Gasteiger partial charge in [-0.15, -0.1) is 0 Å². The Morgan fingerprint density at radius 1 is 1.37 bits per heavy atom. The number of nitrogens with one attached hydrogen (secondary N) is 2. The van der Waals surface area contributed by atoms with Gasteiger partial charge in [-0.2, -0.15) is 5.10 Å². The van der Waals surface area contributed by atoms with Gasteiger partial charge in [-0.1, -0.05) is 13.0 Å². The molecule has 0 unspecified atom stereocenters. The van der Waals surface area contributed by atoms with E-state index >= 15 is 0 Å².